The minimum absolute atomic E-state index is 0.0880. The van der Waals surface area contributed by atoms with E-state index >= 15 is 0 Å². The normalized spacial score (nSPS) is 16.4. The van der Waals surface area contributed by atoms with Gasteiger partial charge in [-0.2, -0.15) is 0 Å². The molecule has 2 rings (SSSR count). The van der Waals surface area contributed by atoms with Gasteiger partial charge in [0.15, 0.2) is 0 Å². The number of hydrogen-bond acceptors (Lipinski definition) is 3. The van der Waals surface area contributed by atoms with Crippen LogP contribution < -0.4 is 10.1 Å². The molecule has 1 aliphatic rings. The standard InChI is InChI=1S/C15H20BrNO3/c1-15(9-20-10-15)8-17-14(18)6-4-11-3-5-13(19-2)12(16)7-11/h3,5,7H,4,6,8-10H2,1-2H3,(H,17,18). The predicted octanol–water partition coefficient (Wildman–Crippen LogP) is 2.54. The Morgan fingerprint density at radius 2 is 2.25 bits per heavy atom. The molecule has 1 aromatic carbocycles. The molecule has 4 nitrogen and oxygen atoms in total. The van der Waals surface area contributed by atoms with Crippen molar-refractivity contribution in [2.75, 3.05) is 26.9 Å². The molecule has 1 fully saturated rings. The molecule has 0 saturated carbocycles. The number of carbonyl (C=O) groups excluding carboxylic acids is 1. The summed E-state index contributed by atoms with van der Waals surface area (Å²) >= 11 is 3.45. The zero-order chi connectivity index (χ0) is 14.6. The van der Waals surface area contributed by atoms with Gasteiger partial charge in [-0.15, -0.1) is 0 Å². The van der Waals surface area contributed by atoms with E-state index in [1.807, 2.05) is 18.2 Å². The van der Waals surface area contributed by atoms with Crippen LogP contribution in [0, 0.1) is 5.41 Å². The highest BCUT2D eigenvalue weighted by Gasteiger charge is 2.33. The highest BCUT2D eigenvalue weighted by Crippen LogP contribution is 2.26. The molecule has 1 N–H and O–H groups in total. The number of halogens is 1. The largest absolute Gasteiger partial charge is 0.496 e. The molecule has 20 heavy (non-hydrogen) atoms. The van der Waals surface area contributed by atoms with Crippen LogP contribution in [0.5, 0.6) is 5.75 Å². The summed E-state index contributed by atoms with van der Waals surface area (Å²) in [7, 11) is 1.64. The summed E-state index contributed by atoms with van der Waals surface area (Å²) in [5.41, 5.74) is 1.24. The maximum atomic E-state index is 11.8. The second-order valence-electron chi connectivity index (χ2n) is 5.55. The van der Waals surface area contributed by atoms with Crippen molar-refractivity contribution in [2.45, 2.75) is 19.8 Å². The fraction of sp³-hybridized carbons (Fsp3) is 0.533. The van der Waals surface area contributed by atoms with Crippen molar-refractivity contribution >= 4 is 21.8 Å². The molecule has 0 unspecified atom stereocenters. The molecular weight excluding hydrogens is 322 g/mol. The van der Waals surface area contributed by atoms with Gasteiger partial charge in [0, 0.05) is 18.4 Å². The first-order chi connectivity index (χ1) is 9.52. The van der Waals surface area contributed by atoms with Crippen LogP contribution in [-0.2, 0) is 16.0 Å². The van der Waals surface area contributed by atoms with Gasteiger partial charge < -0.3 is 14.8 Å². The number of rotatable bonds is 6. The highest BCUT2D eigenvalue weighted by atomic mass is 79.9. The Hall–Kier alpha value is -1.07. The number of benzene rings is 1. The van der Waals surface area contributed by atoms with E-state index in [0.717, 1.165) is 35.4 Å². The van der Waals surface area contributed by atoms with Gasteiger partial charge in [-0.3, -0.25) is 4.79 Å². The van der Waals surface area contributed by atoms with E-state index in [0.29, 0.717) is 13.0 Å². The smallest absolute Gasteiger partial charge is 0.220 e. The third kappa shape index (κ3) is 3.96. The summed E-state index contributed by atoms with van der Waals surface area (Å²) in [6.07, 6.45) is 1.22. The number of amides is 1. The summed E-state index contributed by atoms with van der Waals surface area (Å²) in [5, 5.41) is 2.98. The van der Waals surface area contributed by atoms with Gasteiger partial charge in [0.05, 0.1) is 24.8 Å². The lowest BCUT2D eigenvalue weighted by Gasteiger charge is -2.38. The molecule has 0 aliphatic carbocycles. The maximum absolute atomic E-state index is 11.8. The quantitative estimate of drug-likeness (QED) is 0.864. The Bertz CT molecular complexity index is 486. The van der Waals surface area contributed by atoms with Crippen LogP contribution in [-0.4, -0.2) is 32.8 Å². The van der Waals surface area contributed by atoms with Gasteiger partial charge in [0.2, 0.25) is 5.91 Å². The summed E-state index contributed by atoms with van der Waals surface area (Å²) in [6.45, 7) is 4.28. The number of carbonyl (C=O) groups is 1. The van der Waals surface area contributed by atoms with E-state index in [2.05, 4.69) is 28.2 Å². The van der Waals surface area contributed by atoms with E-state index < -0.39 is 0 Å². The Labute approximate surface area is 128 Å². The van der Waals surface area contributed by atoms with Crippen molar-refractivity contribution in [1.82, 2.24) is 5.32 Å². The highest BCUT2D eigenvalue weighted by molar-refractivity contribution is 9.10. The molecule has 1 amide bonds. The van der Waals surface area contributed by atoms with Gasteiger partial charge in [-0.25, -0.2) is 0 Å². The first-order valence-corrected chi connectivity index (χ1v) is 7.49. The Balaban J connectivity index is 1.76. The van der Waals surface area contributed by atoms with Crippen LogP contribution in [0.2, 0.25) is 0 Å². The summed E-state index contributed by atoms with van der Waals surface area (Å²) in [4.78, 5) is 11.8. The lowest BCUT2D eigenvalue weighted by Crippen LogP contribution is -2.48. The first kappa shape index (κ1) is 15.3. The fourth-order valence-electron chi connectivity index (χ4n) is 2.08. The minimum atomic E-state index is 0.0880. The molecule has 1 saturated heterocycles. The third-order valence-electron chi connectivity index (χ3n) is 3.47. The van der Waals surface area contributed by atoms with Crippen molar-refractivity contribution in [3.8, 4) is 5.75 Å². The van der Waals surface area contributed by atoms with Gasteiger partial charge in [0.1, 0.15) is 5.75 Å². The predicted molar refractivity (Wildman–Crippen MR) is 81.0 cm³/mol. The number of hydrogen-bond donors (Lipinski definition) is 1. The van der Waals surface area contributed by atoms with Crippen LogP contribution in [0.1, 0.15) is 18.9 Å². The number of ether oxygens (including phenoxy) is 2. The molecule has 0 bridgehead atoms. The van der Waals surface area contributed by atoms with E-state index in [1.54, 1.807) is 7.11 Å². The number of nitrogens with one attached hydrogen (secondary N) is 1. The maximum Gasteiger partial charge on any atom is 0.220 e. The Morgan fingerprint density at radius 3 is 2.80 bits per heavy atom. The van der Waals surface area contributed by atoms with Crippen molar-refractivity contribution in [3.05, 3.63) is 28.2 Å². The van der Waals surface area contributed by atoms with Crippen LogP contribution >= 0.6 is 15.9 Å². The zero-order valence-corrected chi connectivity index (χ0v) is 13.5. The van der Waals surface area contributed by atoms with Crippen molar-refractivity contribution in [3.63, 3.8) is 0 Å². The minimum Gasteiger partial charge on any atom is -0.496 e. The molecule has 0 spiro atoms. The average Bonchev–Trinajstić information content (AvgIpc) is 2.41. The average molecular weight is 342 g/mol. The lowest BCUT2D eigenvalue weighted by atomic mass is 9.89. The SMILES string of the molecule is COc1ccc(CCC(=O)NCC2(C)COC2)cc1Br. The van der Waals surface area contributed by atoms with Gasteiger partial charge >= 0.3 is 0 Å². The van der Waals surface area contributed by atoms with Crippen molar-refractivity contribution in [2.24, 2.45) is 5.41 Å². The van der Waals surface area contributed by atoms with Gasteiger partial charge in [0.25, 0.3) is 0 Å². The second kappa shape index (κ2) is 6.59. The number of aryl methyl sites for hydroxylation is 1. The van der Waals surface area contributed by atoms with Gasteiger partial charge in [-0.1, -0.05) is 13.0 Å². The van der Waals surface area contributed by atoms with Crippen LogP contribution in [0.4, 0.5) is 0 Å². The zero-order valence-electron chi connectivity index (χ0n) is 11.9. The van der Waals surface area contributed by atoms with E-state index in [-0.39, 0.29) is 11.3 Å². The molecule has 110 valence electrons. The van der Waals surface area contributed by atoms with Crippen LogP contribution in [0.25, 0.3) is 0 Å². The molecule has 1 aromatic rings. The second-order valence-corrected chi connectivity index (χ2v) is 6.40. The van der Waals surface area contributed by atoms with Crippen LogP contribution in [0.15, 0.2) is 22.7 Å². The molecular formula is C15H20BrNO3. The lowest BCUT2D eigenvalue weighted by molar-refractivity contribution is -0.126. The fourth-order valence-corrected chi connectivity index (χ4v) is 2.66. The Kier molecular flexibility index (Phi) is 5.05. The van der Waals surface area contributed by atoms with E-state index in [1.165, 1.54) is 0 Å². The molecule has 1 aliphatic heterocycles. The molecule has 1 heterocycles. The van der Waals surface area contributed by atoms with E-state index in [9.17, 15) is 4.79 Å². The van der Waals surface area contributed by atoms with Crippen molar-refractivity contribution < 1.29 is 14.3 Å². The first-order valence-electron chi connectivity index (χ1n) is 6.69. The number of methoxy groups -OCH3 is 1. The molecule has 0 radical (unpaired) electrons. The summed E-state index contributed by atoms with van der Waals surface area (Å²) in [6, 6.07) is 5.88. The topological polar surface area (TPSA) is 47.6 Å². The van der Waals surface area contributed by atoms with Crippen LogP contribution in [0.3, 0.4) is 0 Å². The molecule has 5 heteroatoms. The molecule has 0 atom stereocenters. The summed E-state index contributed by atoms with van der Waals surface area (Å²) < 4.78 is 11.3. The third-order valence-corrected chi connectivity index (χ3v) is 4.09. The van der Waals surface area contributed by atoms with Gasteiger partial charge in [-0.05, 0) is 40.0 Å². The molecule has 0 aromatic heterocycles. The monoisotopic (exact) mass is 341 g/mol. The Morgan fingerprint density at radius 1 is 1.50 bits per heavy atom. The van der Waals surface area contributed by atoms with E-state index in [4.69, 9.17) is 9.47 Å². The van der Waals surface area contributed by atoms with Crippen molar-refractivity contribution in [1.29, 1.82) is 0 Å². The summed E-state index contributed by atoms with van der Waals surface area (Å²) in [5.74, 6) is 0.890.